The van der Waals surface area contributed by atoms with Gasteiger partial charge in [0.1, 0.15) is 12.4 Å². The average molecular weight is 402 g/mol. The lowest BCUT2D eigenvalue weighted by molar-refractivity contribution is -0.153. The van der Waals surface area contributed by atoms with Gasteiger partial charge in [-0.15, -0.1) is 11.8 Å². The van der Waals surface area contributed by atoms with Crippen molar-refractivity contribution < 1.29 is 23.5 Å². The van der Waals surface area contributed by atoms with Gasteiger partial charge < -0.3 is 10.1 Å². The van der Waals surface area contributed by atoms with Gasteiger partial charge in [-0.3, -0.25) is 19.3 Å². The molecular weight excluding hydrogens is 383 g/mol. The SMILES string of the molecule is C[C@@H](OC(=O)CN1C(=O)CSc2ccccc21)C(=O)NCc1ccc(F)cc1. The largest absolute Gasteiger partial charge is 0.451 e. The third kappa shape index (κ3) is 4.89. The van der Waals surface area contributed by atoms with Crippen molar-refractivity contribution in [3.05, 3.63) is 59.9 Å². The van der Waals surface area contributed by atoms with Crippen molar-refractivity contribution in [2.75, 3.05) is 17.2 Å². The fourth-order valence-corrected chi connectivity index (χ4v) is 3.62. The summed E-state index contributed by atoms with van der Waals surface area (Å²) in [7, 11) is 0. The first-order chi connectivity index (χ1) is 13.4. The number of esters is 1. The summed E-state index contributed by atoms with van der Waals surface area (Å²) in [6.45, 7) is 1.39. The second-order valence-corrected chi connectivity index (χ2v) is 7.23. The summed E-state index contributed by atoms with van der Waals surface area (Å²) in [6.07, 6.45) is -1.02. The molecule has 1 N–H and O–H groups in total. The molecule has 0 fully saturated rings. The Kier molecular flexibility index (Phi) is 6.30. The van der Waals surface area contributed by atoms with Crippen LogP contribution in [0.2, 0.25) is 0 Å². The van der Waals surface area contributed by atoms with Gasteiger partial charge in [0, 0.05) is 11.4 Å². The van der Waals surface area contributed by atoms with E-state index in [4.69, 9.17) is 4.74 Å². The van der Waals surface area contributed by atoms with Crippen LogP contribution in [0.1, 0.15) is 12.5 Å². The molecule has 6 nitrogen and oxygen atoms in total. The molecule has 1 aliphatic heterocycles. The van der Waals surface area contributed by atoms with Crippen LogP contribution in [-0.2, 0) is 25.7 Å². The number of nitrogens with zero attached hydrogens (tertiary/aromatic N) is 1. The van der Waals surface area contributed by atoms with Gasteiger partial charge in [-0.1, -0.05) is 24.3 Å². The second-order valence-electron chi connectivity index (χ2n) is 6.21. The van der Waals surface area contributed by atoms with E-state index in [2.05, 4.69) is 5.32 Å². The molecule has 28 heavy (non-hydrogen) atoms. The maximum atomic E-state index is 12.9. The zero-order valence-corrected chi connectivity index (χ0v) is 16.0. The number of halogens is 1. The molecule has 0 saturated heterocycles. The Morgan fingerprint density at radius 1 is 1.21 bits per heavy atom. The van der Waals surface area contributed by atoms with Crippen LogP contribution in [0, 0.1) is 5.82 Å². The molecule has 2 amide bonds. The number of benzene rings is 2. The monoisotopic (exact) mass is 402 g/mol. The summed E-state index contributed by atoms with van der Waals surface area (Å²) in [5.41, 5.74) is 1.38. The van der Waals surface area contributed by atoms with E-state index >= 15 is 0 Å². The first kappa shape index (κ1) is 19.9. The number of anilines is 1. The zero-order chi connectivity index (χ0) is 20.1. The molecular formula is C20H19FN2O4S. The van der Waals surface area contributed by atoms with Crippen molar-refractivity contribution in [1.29, 1.82) is 0 Å². The Balaban J connectivity index is 1.53. The number of nitrogens with one attached hydrogen (secondary N) is 1. The molecule has 1 atom stereocenters. The van der Waals surface area contributed by atoms with Crippen LogP contribution < -0.4 is 10.2 Å². The van der Waals surface area contributed by atoms with Crippen molar-refractivity contribution in [3.8, 4) is 0 Å². The van der Waals surface area contributed by atoms with Crippen LogP contribution in [-0.4, -0.2) is 36.2 Å². The van der Waals surface area contributed by atoms with E-state index in [1.165, 1.54) is 35.7 Å². The number of amides is 2. The second kappa shape index (κ2) is 8.88. The summed E-state index contributed by atoms with van der Waals surface area (Å²) >= 11 is 1.42. The fourth-order valence-electron chi connectivity index (χ4n) is 2.68. The number of para-hydroxylation sites is 1. The van der Waals surface area contributed by atoms with E-state index < -0.39 is 18.0 Å². The first-order valence-corrected chi connectivity index (χ1v) is 9.66. The molecule has 8 heteroatoms. The van der Waals surface area contributed by atoms with Crippen molar-refractivity contribution in [2.24, 2.45) is 0 Å². The zero-order valence-electron chi connectivity index (χ0n) is 15.2. The number of carbonyl (C=O) groups excluding carboxylic acids is 3. The molecule has 0 spiro atoms. The molecule has 1 heterocycles. The molecule has 0 saturated carbocycles. The number of carbonyl (C=O) groups is 3. The van der Waals surface area contributed by atoms with E-state index in [0.29, 0.717) is 5.69 Å². The molecule has 2 aromatic rings. The average Bonchev–Trinajstić information content (AvgIpc) is 2.69. The Hall–Kier alpha value is -2.87. The number of hydrogen-bond acceptors (Lipinski definition) is 5. The molecule has 0 bridgehead atoms. The highest BCUT2D eigenvalue weighted by atomic mass is 32.2. The highest BCUT2D eigenvalue weighted by Gasteiger charge is 2.28. The maximum absolute atomic E-state index is 12.9. The Morgan fingerprint density at radius 2 is 1.93 bits per heavy atom. The van der Waals surface area contributed by atoms with Gasteiger partial charge in [-0.05, 0) is 36.8 Å². The van der Waals surface area contributed by atoms with Gasteiger partial charge in [-0.2, -0.15) is 0 Å². The third-order valence-corrected chi connectivity index (χ3v) is 5.20. The number of hydrogen-bond donors (Lipinski definition) is 1. The number of thioether (sulfide) groups is 1. The van der Waals surface area contributed by atoms with Gasteiger partial charge in [-0.25, -0.2) is 4.39 Å². The highest BCUT2D eigenvalue weighted by molar-refractivity contribution is 8.00. The Bertz CT molecular complexity index is 888. The van der Waals surface area contributed by atoms with Crippen LogP contribution in [0.4, 0.5) is 10.1 Å². The molecule has 0 unspecified atom stereocenters. The lowest BCUT2D eigenvalue weighted by Crippen LogP contribution is -2.42. The van der Waals surface area contributed by atoms with Crippen molar-refractivity contribution >= 4 is 35.2 Å². The Morgan fingerprint density at radius 3 is 2.68 bits per heavy atom. The van der Waals surface area contributed by atoms with Gasteiger partial charge in [0.2, 0.25) is 5.91 Å². The number of ether oxygens (including phenoxy) is 1. The minimum atomic E-state index is -1.02. The van der Waals surface area contributed by atoms with Gasteiger partial charge in [0.15, 0.2) is 6.10 Å². The molecule has 146 valence electrons. The lowest BCUT2D eigenvalue weighted by Gasteiger charge is -2.28. The predicted octanol–water partition coefficient (Wildman–Crippen LogP) is 2.51. The fraction of sp³-hybridized carbons (Fsp3) is 0.250. The van der Waals surface area contributed by atoms with Crippen LogP contribution >= 0.6 is 11.8 Å². The Labute approximate surface area is 166 Å². The minimum Gasteiger partial charge on any atom is -0.451 e. The van der Waals surface area contributed by atoms with Crippen LogP contribution in [0.5, 0.6) is 0 Å². The van der Waals surface area contributed by atoms with E-state index in [1.54, 1.807) is 24.3 Å². The summed E-state index contributed by atoms with van der Waals surface area (Å²) < 4.78 is 18.1. The van der Waals surface area contributed by atoms with E-state index in [0.717, 1.165) is 10.5 Å². The maximum Gasteiger partial charge on any atom is 0.326 e. The smallest absolute Gasteiger partial charge is 0.326 e. The number of rotatable bonds is 6. The van der Waals surface area contributed by atoms with Crippen molar-refractivity contribution in [1.82, 2.24) is 5.32 Å². The standard InChI is InChI=1S/C20H19FN2O4S/c1-13(20(26)22-10-14-6-8-15(21)9-7-14)27-19(25)11-23-16-4-2-3-5-17(16)28-12-18(23)24/h2-9,13H,10-12H2,1H3,(H,22,26)/t13-/m1/s1. The summed E-state index contributed by atoms with van der Waals surface area (Å²) in [5, 5.41) is 2.63. The molecule has 2 aromatic carbocycles. The normalized spacial score (nSPS) is 14.2. The highest BCUT2D eigenvalue weighted by Crippen LogP contribution is 2.34. The van der Waals surface area contributed by atoms with Crippen LogP contribution in [0.3, 0.4) is 0 Å². The quantitative estimate of drug-likeness (QED) is 0.752. The van der Waals surface area contributed by atoms with Gasteiger partial charge in [0.05, 0.1) is 11.4 Å². The van der Waals surface area contributed by atoms with E-state index in [1.807, 2.05) is 12.1 Å². The summed E-state index contributed by atoms with van der Waals surface area (Å²) in [5.74, 6) is -1.44. The van der Waals surface area contributed by atoms with Gasteiger partial charge >= 0.3 is 5.97 Å². The number of fused-ring (bicyclic) bond motifs is 1. The molecule has 3 rings (SSSR count). The third-order valence-electron chi connectivity index (χ3n) is 4.15. The topological polar surface area (TPSA) is 75.7 Å². The van der Waals surface area contributed by atoms with Crippen LogP contribution in [0.25, 0.3) is 0 Å². The molecule has 0 radical (unpaired) electrons. The summed E-state index contributed by atoms with van der Waals surface area (Å²) in [4.78, 5) is 38.9. The molecule has 0 aliphatic carbocycles. The molecule has 1 aliphatic rings. The predicted molar refractivity (Wildman–Crippen MR) is 103 cm³/mol. The minimum absolute atomic E-state index is 0.186. The van der Waals surface area contributed by atoms with Crippen molar-refractivity contribution in [2.45, 2.75) is 24.5 Å². The van der Waals surface area contributed by atoms with Crippen LogP contribution in [0.15, 0.2) is 53.4 Å². The van der Waals surface area contributed by atoms with Crippen molar-refractivity contribution in [3.63, 3.8) is 0 Å². The lowest BCUT2D eigenvalue weighted by atomic mass is 10.2. The van der Waals surface area contributed by atoms with E-state index in [9.17, 15) is 18.8 Å². The summed E-state index contributed by atoms with van der Waals surface area (Å²) in [6, 6.07) is 13.0. The first-order valence-electron chi connectivity index (χ1n) is 8.68. The van der Waals surface area contributed by atoms with Gasteiger partial charge in [0.25, 0.3) is 5.91 Å². The molecule has 0 aromatic heterocycles. The van der Waals surface area contributed by atoms with E-state index in [-0.39, 0.29) is 30.6 Å².